The van der Waals surface area contributed by atoms with Gasteiger partial charge >= 0.3 is 5.97 Å². The number of nitrogens with zero attached hydrogens (tertiary/aromatic N) is 1. The lowest BCUT2D eigenvalue weighted by Gasteiger charge is -2.24. The standard InChI is InChI=1S/C13H24N2O4/c1-8(4-3-5-9(2)14)12(17)15-7-10(16)6-11(15)13(18)19/h8-11,16H,3-7,14H2,1-2H3,(H,18,19)/t8?,9?,10-,11+/m1/s1. The summed E-state index contributed by atoms with van der Waals surface area (Å²) in [5.41, 5.74) is 5.65. The summed E-state index contributed by atoms with van der Waals surface area (Å²) in [7, 11) is 0. The molecule has 0 aromatic rings. The van der Waals surface area contributed by atoms with Crippen molar-refractivity contribution in [2.24, 2.45) is 11.7 Å². The number of aliphatic hydroxyl groups excluding tert-OH is 1. The highest BCUT2D eigenvalue weighted by atomic mass is 16.4. The predicted octanol–water partition coefficient (Wildman–Crippen LogP) is 0.186. The highest BCUT2D eigenvalue weighted by Gasteiger charge is 2.39. The van der Waals surface area contributed by atoms with Crippen molar-refractivity contribution in [2.45, 2.75) is 57.7 Å². The van der Waals surface area contributed by atoms with Crippen LogP contribution in [0.5, 0.6) is 0 Å². The lowest BCUT2D eigenvalue weighted by Crippen LogP contribution is -2.43. The zero-order chi connectivity index (χ0) is 14.6. The molecule has 0 bridgehead atoms. The van der Waals surface area contributed by atoms with Crippen molar-refractivity contribution in [3.63, 3.8) is 0 Å². The molecule has 1 amide bonds. The second-order valence-corrected chi connectivity index (χ2v) is 5.54. The molecule has 110 valence electrons. The molecule has 1 aliphatic rings. The quantitative estimate of drug-likeness (QED) is 0.640. The summed E-state index contributed by atoms with van der Waals surface area (Å²) in [6.45, 7) is 3.84. The third-order valence-electron chi connectivity index (χ3n) is 3.57. The van der Waals surface area contributed by atoms with Crippen LogP contribution < -0.4 is 5.73 Å². The van der Waals surface area contributed by atoms with Crippen LogP contribution in [0.1, 0.15) is 39.5 Å². The first kappa shape index (κ1) is 15.9. The van der Waals surface area contributed by atoms with Crippen molar-refractivity contribution in [1.82, 2.24) is 4.90 Å². The molecule has 6 heteroatoms. The number of rotatable bonds is 6. The van der Waals surface area contributed by atoms with Crippen LogP contribution >= 0.6 is 0 Å². The van der Waals surface area contributed by atoms with Crippen LogP contribution in [-0.4, -0.2) is 51.7 Å². The molecule has 0 saturated carbocycles. The molecule has 1 rings (SSSR count). The van der Waals surface area contributed by atoms with E-state index in [1.165, 1.54) is 4.90 Å². The Bertz CT molecular complexity index is 333. The van der Waals surface area contributed by atoms with Gasteiger partial charge in [-0.05, 0) is 19.8 Å². The van der Waals surface area contributed by atoms with Crippen molar-refractivity contribution < 1.29 is 19.8 Å². The number of aliphatic carboxylic acids is 1. The minimum atomic E-state index is -1.05. The maximum Gasteiger partial charge on any atom is 0.326 e. The molecule has 0 radical (unpaired) electrons. The van der Waals surface area contributed by atoms with E-state index < -0.39 is 18.1 Å². The number of aliphatic hydroxyl groups is 1. The normalized spacial score (nSPS) is 26.2. The van der Waals surface area contributed by atoms with Gasteiger partial charge in [0, 0.05) is 24.9 Å². The number of hydrogen-bond acceptors (Lipinski definition) is 4. The van der Waals surface area contributed by atoms with Gasteiger partial charge in [0.05, 0.1) is 6.10 Å². The lowest BCUT2D eigenvalue weighted by atomic mass is 10.0. The second kappa shape index (κ2) is 6.86. The summed E-state index contributed by atoms with van der Waals surface area (Å²) in [4.78, 5) is 24.6. The van der Waals surface area contributed by atoms with E-state index in [1.54, 1.807) is 6.92 Å². The molecule has 2 unspecified atom stereocenters. The van der Waals surface area contributed by atoms with Crippen LogP contribution in [0.3, 0.4) is 0 Å². The Labute approximate surface area is 113 Å². The fourth-order valence-electron chi connectivity index (χ4n) is 2.44. The first-order chi connectivity index (χ1) is 8.82. The van der Waals surface area contributed by atoms with Crippen molar-refractivity contribution in [1.29, 1.82) is 0 Å². The summed E-state index contributed by atoms with van der Waals surface area (Å²) in [5.74, 6) is -1.47. The molecule has 0 aromatic heterocycles. The predicted molar refractivity (Wildman–Crippen MR) is 70.4 cm³/mol. The monoisotopic (exact) mass is 272 g/mol. The lowest BCUT2D eigenvalue weighted by molar-refractivity contribution is -0.149. The number of carboxylic acids is 1. The maximum atomic E-state index is 12.2. The molecule has 1 saturated heterocycles. The van der Waals surface area contributed by atoms with Gasteiger partial charge in [0.15, 0.2) is 0 Å². The van der Waals surface area contributed by atoms with Gasteiger partial charge in [-0.2, -0.15) is 0 Å². The van der Waals surface area contributed by atoms with Crippen molar-refractivity contribution >= 4 is 11.9 Å². The molecule has 4 N–H and O–H groups in total. The summed E-state index contributed by atoms with van der Waals surface area (Å²) < 4.78 is 0. The maximum absolute atomic E-state index is 12.2. The van der Waals surface area contributed by atoms with Crippen LogP contribution in [0.2, 0.25) is 0 Å². The van der Waals surface area contributed by atoms with E-state index in [0.29, 0.717) is 6.42 Å². The average molecular weight is 272 g/mol. The van der Waals surface area contributed by atoms with E-state index in [4.69, 9.17) is 10.8 Å². The largest absolute Gasteiger partial charge is 0.480 e. The third-order valence-corrected chi connectivity index (χ3v) is 3.57. The number of carbonyl (C=O) groups is 2. The first-order valence-electron chi connectivity index (χ1n) is 6.79. The molecule has 4 atom stereocenters. The smallest absolute Gasteiger partial charge is 0.326 e. The number of hydrogen-bond donors (Lipinski definition) is 3. The van der Waals surface area contributed by atoms with Gasteiger partial charge in [-0.1, -0.05) is 13.3 Å². The van der Waals surface area contributed by atoms with Gasteiger partial charge < -0.3 is 20.8 Å². The van der Waals surface area contributed by atoms with E-state index in [2.05, 4.69) is 0 Å². The summed E-state index contributed by atoms with van der Waals surface area (Å²) in [6, 6.07) is -0.777. The zero-order valence-electron chi connectivity index (χ0n) is 11.6. The topological polar surface area (TPSA) is 104 Å². The molecular weight excluding hydrogens is 248 g/mol. The van der Waals surface area contributed by atoms with Crippen LogP contribution in [0, 0.1) is 5.92 Å². The Morgan fingerprint density at radius 3 is 2.53 bits per heavy atom. The molecule has 1 heterocycles. The Hall–Kier alpha value is -1.14. The van der Waals surface area contributed by atoms with Crippen LogP contribution in [-0.2, 0) is 9.59 Å². The van der Waals surface area contributed by atoms with E-state index in [0.717, 1.165) is 12.8 Å². The first-order valence-corrected chi connectivity index (χ1v) is 6.79. The van der Waals surface area contributed by atoms with E-state index in [-0.39, 0.29) is 30.8 Å². The molecular formula is C13H24N2O4. The van der Waals surface area contributed by atoms with Crippen molar-refractivity contribution in [3.05, 3.63) is 0 Å². The van der Waals surface area contributed by atoms with Crippen molar-refractivity contribution in [3.8, 4) is 0 Å². The molecule has 6 nitrogen and oxygen atoms in total. The van der Waals surface area contributed by atoms with Gasteiger partial charge in [-0.15, -0.1) is 0 Å². The van der Waals surface area contributed by atoms with Gasteiger partial charge in [0.25, 0.3) is 0 Å². The van der Waals surface area contributed by atoms with Crippen LogP contribution in [0.25, 0.3) is 0 Å². The van der Waals surface area contributed by atoms with Crippen molar-refractivity contribution in [2.75, 3.05) is 6.54 Å². The zero-order valence-corrected chi connectivity index (χ0v) is 11.6. The average Bonchev–Trinajstić information content (AvgIpc) is 2.69. The number of carbonyl (C=O) groups excluding carboxylic acids is 1. The van der Waals surface area contributed by atoms with E-state index >= 15 is 0 Å². The molecule has 0 spiro atoms. The summed E-state index contributed by atoms with van der Waals surface area (Å²) in [6.07, 6.45) is 1.77. The Morgan fingerprint density at radius 1 is 1.37 bits per heavy atom. The minimum Gasteiger partial charge on any atom is -0.480 e. The fraction of sp³-hybridized carbons (Fsp3) is 0.846. The molecule has 1 fully saturated rings. The number of carboxylic acid groups (broad SMARTS) is 1. The Kier molecular flexibility index (Phi) is 5.75. The number of nitrogens with two attached hydrogens (primary N) is 1. The second-order valence-electron chi connectivity index (χ2n) is 5.54. The third kappa shape index (κ3) is 4.47. The SMILES string of the molecule is CC(N)CCCC(C)C(=O)N1C[C@H](O)C[C@H]1C(=O)O. The van der Waals surface area contributed by atoms with Gasteiger partial charge in [0.1, 0.15) is 6.04 Å². The van der Waals surface area contributed by atoms with Crippen LogP contribution in [0.4, 0.5) is 0 Å². The van der Waals surface area contributed by atoms with Gasteiger partial charge in [-0.25, -0.2) is 4.79 Å². The van der Waals surface area contributed by atoms with Crippen LogP contribution in [0.15, 0.2) is 0 Å². The van der Waals surface area contributed by atoms with Gasteiger partial charge in [0.2, 0.25) is 5.91 Å². The highest BCUT2D eigenvalue weighted by molar-refractivity contribution is 5.85. The Balaban J connectivity index is 2.53. The Morgan fingerprint density at radius 2 is 2.00 bits per heavy atom. The summed E-state index contributed by atoms with van der Waals surface area (Å²) >= 11 is 0. The summed E-state index contributed by atoms with van der Waals surface area (Å²) in [5, 5.41) is 18.6. The molecule has 0 aromatic carbocycles. The fourth-order valence-corrected chi connectivity index (χ4v) is 2.44. The highest BCUT2D eigenvalue weighted by Crippen LogP contribution is 2.22. The molecule has 0 aliphatic carbocycles. The number of β-amino-alcohol motifs (C(OH)–C–C–N with tert-alkyl or cyclic N) is 1. The number of amides is 1. The van der Waals surface area contributed by atoms with E-state index in [9.17, 15) is 14.7 Å². The van der Waals surface area contributed by atoms with Gasteiger partial charge in [-0.3, -0.25) is 4.79 Å². The minimum absolute atomic E-state index is 0.114. The number of likely N-dealkylation sites (tertiary alicyclic amines) is 1. The van der Waals surface area contributed by atoms with E-state index in [1.807, 2.05) is 6.92 Å². The molecule has 1 aliphatic heterocycles. The molecule has 19 heavy (non-hydrogen) atoms.